The van der Waals surface area contributed by atoms with Crippen molar-refractivity contribution >= 4 is 41.5 Å². The predicted octanol–water partition coefficient (Wildman–Crippen LogP) is 6.26. The first-order valence-electron chi connectivity index (χ1n) is 13.1. The van der Waals surface area contributed by atoms with Crippen molar-refractivity contribution in [3.8, 4) is 0 Å². The minimum Gasteiger partial charge on any atom is -0.354 e. The molecule has 0 fully saturated rings. The molecule has 0 unspecified atom stereocenters. The van der Waals surface area contributed by atoms with Crippen LogP contribution in [0.1, 0.15) is 44.4 Å². The Bertz CT molecular complexity index is 1330. The van der Waals surface area contributed by atoms with Crippen LogP contribution in [0.4, 0.5) is 11.4 Å². The number of nitrogens with one attached hydrogen (secondary N) is 3. The summed E-state index contributed by atoms with van der Waals surface area (Å²) in [6, 6.07) is 23.1. The Labute approximate surface area is 225 Å². The highest BCUT2D eigenvalue weighted by atomic mass is 31.2. The number of hydrogen-bond acceptors (Lipinski definition) is 6. The molecule has 3 N–H and O–H groups in total. The summed E-state index contributed by atoms with van der Waals surface area (Å²) in [5, 5.41) is 10.3. The summed E-state index contributed by atoms with van der Waals surface area (Å²) < 4.78 is 24.6. The van der Waals surface area contributed by atoms with E-state index in [4.69, 9.17) is 9.05 Å². The fourth-order valence-electron chi connectivity index (χ4n) is 4.34. The van der Waals surface area contributed by atoms with Gasteiger partial charge >= 0.3 is 7.60 Å². The number of hydrogen-bond donors (Lipinski definition) is 3. The summed E-state index contributed by atoms with van der Waals surface area (Å²) in [5.74, 6) is 0.355. The van der Waals surface area contributed by atoms with Gasteiger partial charge in [-0.2, -0.15) is 0 Å². The van der Waals surface area contributed by atoms with Crippen LogP contribution in [0.25, 0.3) is 11.3 Å². The number of amides is 1. The molecule has 4 rings (SSSR count). The van der Waals surface area contributed by atoms with E-state index >= 15 is 0 Å². The highest BCUT2D eigenvalue weighted by Gasteiger charge is 2.33. The minimum absolute atomic E-state index is 0.235. The third-order valence-corrected chi connectivity index (χ3v) is 8.19. The zero-order valence-electron chi connectivity index (χ0n) is 22.4. The van der Waals surface area contributed by atoms with E-state index in [0.29, 0.717) is 33.7 Å². The van der Waals surface area contributed by atoms with Gasteiger partial charge in [0.15, 0.2) is 0 Å². The lowest BCUT2D eigenvalue weighted by atomic mass is 10.00. The van der Waals surface area contributed by atoms with Gasteiger partial charge in [0.05, 0.1) is 29.8 Å². The molecular weight excluding hydrogens is 497 g/mol. The van der Waals surface area contributed by atoms with Crippen molar-refractivity contribution in [3.63, 3.8) is 0 Å². The lowest BCUT2D eigenvalue weighted by Crippen LogP contribution is -2.18. The van der Waals surface area contributed by atoms with E-state index < -0.39 is 7.60 Å². The molecule has 1 heterocycles. The van der Waals surface area contributed by atoms with Crippen molar-refractivity contribution in [1.82, 2.24) is 5.32 Å². The second kappa shape index (κ2) is 12.5. The Hall–Kier alpha value is -3.22. The zero-order valence-corrected chi connectivity index (χ0v) is 23.3. The first kappa shape index (κ1) is 27.8. The molecule has 0 bridgehead atoms. The van der Waals surface area contributed by atoms with E-state index in [2.05, 4.69) is 41.9 Å². The van der Waals surface area contributed by atoms with Crippen LogP contribution >= 0.6 is 7.60 Å². The molecule has 1 aliphatic heterocycles. The number of carbonyl (C=O) groups excluding carboxylic acids is 1. The van der Waals surface area contributed by atoms with Crippen LogP contribution in [0.15, 0.2) is 72.8 Å². The highest BCUT2D eigenvalue weighted by molar-refractivity contribution is 7.62. The van der Waals surface area contributed by atoms with Crippen molar-refractivity contribution < 1.29 is 18.4 Å². The lowest BCUT2D eigenvalue weighted by molar-refractivity contribution is -0.110. The molecule has 0 spiro atoms. The maximum absolute atomic E-state index is 13.5. The number of fused-ring (bicyclic) bond motifs is 1. The first-order valence-corrected chi connectivity index (χ1v) is 14.6. The number of anilines is 2. The molecule has 0 saturated heterocycles. The molecule has 38 heavy (non-hydrogen) atoms. The van der Waals surface area contributed by atoms with Gasteiger partial charge in [0.25, 0.3) is 5.91 Å². The van der Waals surface area contributed by atoms with Gasteiger partial charge in [-0.25, -0.2) is 0 Å². The molecule has 8 heteroatoms. The maximum atomic E-state index is 13.5. The van der Waals surface area contributed by atoms with Gasteiger partial charge < -0.3 is 25.0 Å². The van der Waals surface area contributed by atoms with Gasteiger partial charge in [0.1, 0.15) is 0 Å². The fourth-order valence-corrected chi connectivity index (χ4v) is 5.94. The molecule has 0 aromatic heterocycles. The molecule has 7 nitrogen and oxygen atoms in total. The fraction of sp³-hybridized carbons (Fsp3) is 0.300. The lowest BCUT2D eigenvalue weighted by Gasteiger charge is -2.18. The minimum atomic E-state index is -3.53. The molecular formula is C30H36N3O4P. The van der Waals surface area contributed by atoms with E-state index in [0.717, 1.165) is 24.3 Å². The number of carbonyl (C=O) groups is 1. The summed E-state index contributed by atoms with van der Waals surface area (Å²) in [5.41, 5.74) is 5.32. The number of rotatable bonds is 12. The molecule has 0 radical (unpaired) electrons. The smallest absolute Gasteiger partial charge is 0.354 e. The molecule has 0 atom stereocenters. The van der Waals surface area contributed by atoms with Crippen LogP contribution in [0, 0.1) is 5.92 Å². The van der Waals surface area contributed by atoms with Gasteiger partial charge in [0, 0.05) is 23.5 Å². The van der Waals surface area contributed by atoms with Crippen LogP contribution in [-0.4, -0.2) is 25.7 Å². The monoisotopic (exact) mass is 533 g/mol. The highest BCUT2D eigenvalue weighted by Crippen LogP contribution is 2.48. The Morgan fingerprint density at radius 3 is 2.26 bits per heavy atom. The van der Waals surface area contributed by atoms with Crippen LogP contribution < -0.4 is 21.3 Å². The molecule has 1 aliphatic rings. The Kier molecular flexibility index (Phi) is 9.18. The average Bonchev–Trinajstić information content (AvgIpc) is 3.23. The van der Waals surface area contributed by atoms with Crippen molar-refractivity contribution in [2.75, 3.05) is 30.4 Å². The van der Waals surface area contributed by atoms with Crippen LogP contribution in [0.3, 0.4) is 0 Å². The predicted molar refractivity (Wildman–Crippen MR) is 155 cm³/mol. The molecule has 3 aromatic carbocycles. The van der Waals surface area contributed by atoms with E-state index in [1.807, 2.05) is 42.5 Å². The van der Waals surface area contributed by atoms with Gasteiger partial charge in [-0.1, -0.05) is 56.3 Å². The van der Waals surface area contributed by atoms with Crippen molar-refractivity contribution in [2.45, 2.75) is 34.2 Å². The zero-order chi connectivity index (χ0) is 27.1. The third-order valence-electron chi connectivity index (χ3n) is 6.08. The first-order chi connectivity index (χ1) is 18.3. The molecule has 0 aliphatic carbocycles. The largest absolute Gasteiger partial charge is 0.361 e. The molecule has 200 valence electrons. The van der Waals surface area contributed by atoms with Gasteiger partial charge in [0.2, 0.25) is 0 Å². The van der Waals surface area contributed by atoms with Crippen molar-refractivity contribution in [1.29, 1.82) is 0 Å². The van der Waals surface area contributed by atoms with Crippen molar-refractivity contribution in [3.05, 3.63) is 89.5 Å². The molecule has 1 amide bonds. The summed E-state index contributed by atoms with van der Waals surface area (Å²) in [6.07, 6.45) is 0. The Morgan fingerprint density at radius 1 is 0.947 bits per heavy atom. The number of benzene rings is 3. The molecule has 0 saturated carbocycles. The normalized spacial score (nSPS) is 14.4. The van der Waals surface area contributed by atoms with Crippen molar-refractivity contribution in [2.24, 2.45) is 5.92 Å². The standard InChI is InChI=1S/C30H36N3O4P/c1-5-36-38(35,37-6-2)25-16-17-27-26(18-25)28(30(34)33-27)29(23-10-8-7-9-11-23)32-24-14-12-22(13-15-24)20-31-19-21(3)4/h7-18,21,31-32H,5-6,19-20H2,1-4H3,(H,33,34). The summed E-state index contributed by atoms with van der Waals surface area (Å²) in [4.78, 5) is 13.3. The van der Waals surface area contributed by atoms with Crippen LogP contribution in [-0.2, 0) is 25.0 Å². The van der Waals surface area contributed by atoms with Crippen LogP contribution in [0.5, 0.6) is 0 Å². The summed E-state index contributed by atoms with van der Waals surface area (Å²) in [6.45, 7) is 10.2. The van der Waals surface area contributed by atoms with Gasteiger partial charge in [-0.15, -0.1) is 0 Å². The van der Waals surface area contributed by atoms with Gasteiger partial charge in [-0.05, 0) is 67.8 Å². The topological polar surface area (TPSA) is 88.7 Å². The van der Waals surface area contributed by atoms with E-state index in [-0.39, 0.29) is 19.1 Å². The Balaban J connectivity index is 1.75. The van der Waals surface area contributed by atoms with E-state index in [1.54, 1.807) is 32.0 Å². The third kappa shape index (κ3) is 6.43. The molecule has 3 aromatic rings. The van der Waals surface area contributed by atoms with Gasteiger partial charge in [-0.3, -0.25) is 9.36 Å². The van der Waals surface area contributed by atoms with E-state index in [1.165, 1.54) is 5.56 Å². The Morgan fingerprint density at radius 2 is 1.63 bits per heavy atom. The van der Waals surface area contributed by atoms with E-state index in [9.17, 15) is 9.36 Å². The van der Waals surface area contributed by atoms with Crippen LogP contribution in [0.2, 0.25) is 0 Å². The average molecular weight is 534 g/mol. The second-order valence-electron chi connectivity index (χ2n) is 9.48. The maximum Gasteiger partial charge on any atom is 0.361 e. The SMILES string of the molecule is CCOP(=O)(OCC)c1ccc2c(c1)C(=C(Nc1ccc(CNCC(C)C)cc1)c1ccccc1)C(=O)N2. The second-order valence-corrected chi connectivity index (χ2v) is 11.5. The summed E-state index contributed by atoms with van der Waals surface area (Å²) in [7, 11) is -3.53. The quantitative estimate of drug-likeness (QED) is 0.188. The summed E-state index contributed by atoms with van der Waals surface area (Å²) >= 11 is 0.